The predicted octanol–water partition coefficient (Wildman–Crippen LogP) is 0.942. The van der Waals surface area contributed by atoms with Gasteiger partial charge in [-0.3, -0.25) is 9.59 Å². The minimum atomic E-state index is -0.915. The summed E-state index contributed by atoms with van der Waals surface area (Å²) in [5, 5.41) is 5.12. The molecule has 1 aliphatic carbocycles. The van der Waals surface area contributed by atoms with Crippen molar-refractivity contribution in [1.29, 1.82) is 0 Å². The number of amides is 2. The molecule has 5 N–H and O–H groups in total. The number of nitrogens with two attached hydrogens (primary N) is 2. The van der Waals surface area contributed by atoms with Crippen molar-refractivity contribution < 1.29 is 9.59 Å². The van der Waals surface area contributed by atoms with Crippen LogP contribution in [0.1, 0.15) is 47.6 Å². The van der Waals surface area contributed by atoms with Crippen molar-refractivity contribution >= 4 is 35.6 Å². The molecule has 1 saturated carbocycles. The van der Waals surface area contributed by atoms with Crippen molar-refractivity contribution in [2.45, 2.75) is 44.2 Å². The minimum Gasteiger partial charge on any atom is -0.368 e. The van der Waals surface area contributed by atoms with Crippen molar-refractivity contribution in [3.8, 4) is 0 Å². The molecule has 1 aliphatic rings. The predicted molar refractivity (Wildman–Crippen MR) is 79.7 cm³/mol. The number of hydrogen-bond donors (Lipinski definition) is 3. The number of thiazole rings is 1. The monoisotopic (exact) mass is 318 g/mol. The average molecular weight is 319 g/mol. The Bertz CT molecular complexity index is 486. The number of carbonyl (C=O) groups excluding carboxylic acids is 2. The topological polar surface area (TPSA) is 111 Å². The molecule has 1 aromatic rings. The van der Waals surface area contributed by atoms with E-state index in [1.54, 1.807) is 5.38 Å². The first-order valence-electron chi connectivity index (χ1n) is 6.34. The number of aromatic nitrogens is 1. The van der Waals surface area contributed by atoms with Crippen LogP contribution in [-0.4, -0.2) is 22.3 Å². The van der Waals surface area contributed by atoms with Gasteiger partial charge in [0.1, 0.15) is 16.2 Å². The summed E-state index contributed by atoms with van der Waals surface area (Å²) in [6.45, 7) is 0.304. The summed E-state index contributed by atoms with van der Waals surface area (Å²) < 4.78 is 0. The van der Waals surface area contributed by atoms with Crippen LogP contribution in [0.3, 0.4) is 0 Å². The molecule has 0 radical (unpaired) electrons. The van der Waals surface area contributed by atoms with Gasteiger partial charge in [-0.15, -0.1) is 23.7 Å². The second-order valence-electron chi connectivity index (χ2n) is 4.79. The molecular formula is C12H19ClN4O2S. The van der Waals surface area contributed by atoms with Crippen LogP contribution < -0.4 is 16.8 Å². The quantitative estimate of drug-likeness (QED) is 0.767. The first kappa shape index (κ1) is 16.9. The minimum absolute atomic E-state index is 0. The number of nitrogens with one attached hydrogen (secondary N) is 1. The van der Waals surface area contributed by atoms with E-state index in [0.29, 0.717) is 30.1 Å². The van der Waals surface area contributed by atoms with E-state index in [0.717, 1.165) is 19.3 Å². The molecule has 6 nitrogen and oxygen atoms in total. The van der Waals surface area contributed by atoms with Gasteiger partial charge in [0.15, 0.2) is 0 Å². The number of rotatable bonds is 4. The van der Waals surface area contributed by atoms with E-state index in [1.165, 1.54) is 11.3 Å². The van der Waals surface area contributed by atoms with Gasteiger partial charge in [0.2, 0.25) is 5.91 Å². The van der Waals surface area contributed by atoms with E-state index >= 15 is 0 Å². The first-order valence-corrected chi connectivity index (χ1v) is 7.22. The molecule has 20 heavy (non-hydrogen) atoms. The molecule has 0 aromatic carbocycles. The van der Waals surface area contributed by atoms with Crippen molar-refractivity contribution in [3.05, 3.63) is 16.1 Å². The maximum absolute atomic E-state index is 12.1. The number of halogens is 1. The zero-order chi connectivity index (χ0) is 13.9. The van der Waals surface area contributed by atoms with Crippen LogP contribution >= 0.6 is 23.7 Å². The normalized spacial score (nSPS) is 17.1. The van der Waals surface area contributed by atoms with Crippen LogP contribution in [0.15, 0.2) is 5.38 Å². The summed E-state index contributed by atoms with van der Waals surface area (Å²) in [5.41, 5.74) is 10.3. The number of nitrogens with zero attached hydrogens (tertiary/aromatic N) is 1. The fourth-order valence-corrected chi connectivity index (χ4v) is 3.03. The van der Waals surface area contributed by atoms with E-state index in [9.17, 15) is 9.59 Å². The average Bonchev–Trinajstić information content (AvgIpc) is 2.88. The Balaban J connectivity index is 0.00000200. The highest BCUT2D eigenvalue weighted by Crippen LogP contribution is 2.28. The first-order chi connectivity index (χ1) is 9.07. The van der Waals surface area contributed by atoms with E-state index in [4.69, 9.17) is 11.5 Å². The van der Waals surface area contributed by atoms with Gasteiger partial charge in [0.25, 0.3) is 5.91 Å². The van der Waals surface area contributed by atoms with Crippen molar-refractivity contribution in [3.63, 3.8) is 0 Å². The van der Waals surface area contributed by atoms with Crippen molar-refractivity contribution in [2.24, 2.45) is 11.5 Å². The maximum Gasteiger partial charge on any atom is 0.271 e. The molecule has 1 aromatic heterocycles. The van der Waals surface area contributed by atoms with Crippen LogP contribution in [0.25, 0.3) is 0 Å². The molecular weight excluding hydrogens is 300 g/mol. The van der Waals surface area contributed by atoms with Gasteiger partial charge in [-0.2, -0.15) is 0 Å². The zero-order valence-electron chi connectivity index (χ0n) is 11.1. The molecule has 0 unspecified atom stereocenters. The highest BCUT2D eigenvalue weighted by molar-refractivity contribution is 7.09. The summed E-state index contributed by atoms with van der Waals surface area (Å²) in [6.07, 6.45) is 4.06. The van der Waals surface area contributed by atoms with Gasteiger partial charge >= 0.3 is 0 Å². The van der Waals surface area contributed by atoms with Gasteiger partial charge in [0, 0.05) is 11.9 Å². The summed E-state index contributed by atoms with van der Waals surface area (Å²) in [5.74, 6) is -0.813. The molecule has 2 amide bonds. The number of primary amides is 1. The summed E-state index contributed by atoms with van der Waals surface area (Å²) >= 11 is 1.33. The van der Waals surface area contributed by atoms with E-state index < -0.39 is 11.4 Å². The third-order valence-electron chi connectivity index (χ3n) is 3.49. The molecule has 1 fully saturated rings. The lowest BCUT2D eigenvalue weighted by Crippen LogP contribution is -2.58. The van der Waals surface area contributed by atoms with Gasteiger partial charge < -0.3 is 16.8 Å². The lowest BCUT2D eigenvalue weighted by molar-refractivity contribution is -0.125. The highest BCUT2D eigenvalue weighted by atomic mass is 35.5. The van der Waals surface area contributed by atoms with Crippen LogP contribution in [0.2, 0.25) is 0 Å². The lowest BCUT2D eigenvalue weighted by atomic mass is 9.81. The van der Waals surface area contributed by atoms with E-state index in [1.807, 2.05) is 0 Å². The van der Waals surface area contributed by atoms with Gasteiger partial charge in [-0.05, 0) is 12.8 Å². The molecule has 112 valence electrons. The Kier molecular flexibility index (Phi) is 5.91. The Morgan fingerprint density at radius 2 is 2.00 bits per heavy atom. The maximum atomic E-state index is 12.1. The Labute approximate surface area is 127 Å². The van der Waals surface area contributed by atoms with Crippen LogP contribution in [-0.2, 0) is 11.3 Å². The molecule has 0 saturated heterocycles. The van der Waals surface area contributed by atoms with Crippen molar-refractivity contribution in [1.82, 2.24) is 10.3 Å². The van der Waals surface area contributed by atoms with E-state index in [2.05, 4.69) is 10.3 Å². The summed E-state index contributed by atoms with van der Waals surface area (Å²) in [7, 11) is 0. The molecule has 0 atom stereocenters. The second kappa shape index (κ2) is 7.01. The fraction of sp³-hybridized carbons (Fsp3) is 0.583. The van der Waals surface area contributed by atoms with Crippen molar-refractivity contribution in [2.75, 3.05) is 0 Å². The van der Waals surface area contributed by atoms with Gasteiger partial charge in [0.05, 0.1) is 0 Å². The smallest absolute Gasteiger partial charge is 0.271 e. The third kappa shape index (κ3) is 3.47. The molecule has 0 aliphatic heterocycles. The Morgan fingerprint density at radius 3 is 2.50 bits per heavy atom. The van der Waals surface area contributed by atoms with E-state index in [-0.39, 0.29) is 18.3 Å². The standard InChI is InChI=1S/C12H18N4O2S.ClH/c13-6-9-15-8(7-19-9)10(17)16-12(11(14)18)4-2-1-3-5-12;/h7H,1-6,13H2,(H2,14,18)(H,16,17);1H. The fourth-order valence-electron chi connectivity index (χ4n) is 2.38. The molecule has 8 heteroatoms. The lowest BCUT2D eigenvalue weighted by Gasteiger charge is -2.34. The molecule has 0 spiro atoms. The highest BCUT2D eigenvalue weighted by Gasteiger charge is 2.39. The zero-order valence-corrected chi connectivity index (χ0v) is 12.7. The largest absolute Gasteiger partial charge is 0.368 e. The SMILES string of the molecule is Cl.NCc1nc(C(=O)NC2(C(N)=O)CCCCC2)cs1. The second-order valence-corrected chi connectivity index (χ2v) is 5.73. The van der Waals surface area contributed by atoms with Crippen LogP contribution in [0.4, 0.5) is 0 Å². The van der Waals surface area contributed by atoms with Gasteiger partial charge in [-0.1, -0.05) is 19.3 Å². The van der Waals surface area contributed by atoms with Crippen LogP contribution in [0, 0.1) is 0 Å². The number of hydrogen-bond acceptors (Lipinski definition) is 5. The number of carbonyl (C=O) groups is 2. The third-order valence-corrected chi connectivity index (χ3v) is 4.36. The molecule has 2 rings (SSSR count). The molecule has 0 bridgehead atoms. The van der Waals surface area contributed by atoms with Crippen LogP contribution in [0.5, 0.6) is 0 Å². The summed E-state index contributed by atoms with van der Waals surface area (Å²) in [4.78, 5) is 27.9. The molecule has 1 heterocycles. The Hall–Kier alpha value is -1.18. The Morgan fingerprint density at radius 1 is 1.35 bits per heavy atom. The summed E-state index contributed by atoms with van der Waals surface area (Å²) in [6, 6.07) is 0. The van der Waals surface area contributed by atoms with Gasteiger partial charge in [-0.25, -0.2) is 4.98 Å².